The van der Waals surface area contributed by atoms with E-state index in [1.807, 2.05) is 40.7 Å². The third-order valence-corrected chi connectivity index (χ3v) is 4.50. The summed E-state index contributed by atoms with van der Waals surface area (Å²) in [5, 5.41) is 15.6. The summed E-state index contributed by atoms with van der Waals surface area (Å²) < 4.78 is 4.01. The van der Waals surface area contributed by atoms with E-state index < -0.39 is 0 Å². The second kappa shape index (κ2) is 11.6. The number of rotatable bonds is 8. The van der Waals surface area contributed by atoms with Crippen molar-refractivity contribution in [2.75, 3.05) is 13.6 Å². The Kier molecular flexibility index (Phi) is 9.17. The van der Waals surface area contributed by atoms with Crippen LogP contribution in [-0.2, 0) is 19.6 Å². The second-order valence-corrected chi connectivity index (χ2v) is 6.89. The molecule has 0 bridgehead atoms. The minimum absolute atomic E-state index is 0. The van der Waals surface area contributed by atoms with Gasteiger partial charge in [-0.15, -0.1) is 24.0 Å². The molecule has 1 aromatic carbocycles. The van der Waals surface area contributed by atoms with Crippen LogP contribution in [0.25, 0.3) is 0 Å². The molecule has 0 aliphatic heterocycles. The SMILES string of the molecule is CN=C(NCCCn1nc(C)cc1C)NCc1cnn(Cc2ccccc2)c1.I. The summed E-state index contributed by atoms with van der Waals surface area (Å²) in [6, 6.07) is 12.4. The van der Waals surface area contributed by atoms with Crippen LogP contribution < -0.4 is 10.6 Å². The van der Waals surface area contributed by atoms with Crippen LogP contribution in [0.5, 0.6) is 0 Å². The van der Waals surface area contributed by atoms with E-state index in [4.69, 9.17) is 0 Å². The van der Waals surface area contributed by atoms with Crippen molar-refractivity contribution in [3.05, 3.63) is 71.3 Å². The number of nitrogens with one attached hydrogen (secondary N) is 2. The Balaban J connectivity index is 0.00000300. The standard InChI is InChI=1S/C21H29N7.HI/c1-17-12-18(2)28(26-17)11-7-10-23-21(22-3)24-13-20-14-25-27(16-20)15-19-8-5-4-6-9-19;/h4-6,8-9,12,14,16H,7,10-11,13,15H2,1-3H3,(H2,22,23,24);1H. The highest BCUT2D eigenvalue weighted by atomic mass is 127. The molecular formula is C21H30IN7. The van der Waals surface area contributed by atoms with Crippen LogP contribution in [-0.4, -0.2) is 39.1 Å². The Morgan fingerprint density at radius 2 is 1.90 bits per heavy atom. The molecule has 2 N–H and O–H groups in total. The Morgan fingerprint density at radius 1 is 1.10 bits per heavy atom. The summed E-state index contributed by atoms with van der Waals surface area (Å²) in [4.78, 5) is 4.29. The van der Waals surface area contributed by atoms with E-state index in [0.29, 0.717) is 6.54 Å². The summed E-state index contributed by atoms with van der Waals surface area (Å²) in [6.45, 7) is 7.31. The van der Waals surface area contributed by atoms with Crippen LogP contribution in [0, 0.1) is 13.8 Å². The van der Waals surface area contributed by atoms with Crippen molar-refractivity contribution in [2.24, 2.45) is 4.99 Å². The van der Waals surface area contributed by atoms with E-state index in [2.05, 4.69) is 57.1 Å². The highest BCUT2D eigenvalue weighted by molar-refractivity contribution is 14.0. The lowest BCUT2D eigenvalue weighted by Gasteiger charge is -2.11. The van der Waals surface area contributed by atoms with Crippen molar-refractivity contribution in [2.45, 2.75) is 39.9 Å². The van der Waals surface area contributed by atoms with Crippen LogP contribution in [0.2, 0.25) is 0 Å². The van der Waals surface area contributed by atoms with Gasteiger partial charge in [0.1, 0.15) is 0 Å². The zero-order valence-electron chi connectivity index (χ0n) is 17.3. The maximum absolute atomic E-state index is 4.49. The maximum atomic E-state index is 4.49. The number of halogens is 1. The molecule has 0 atom stereocenters. The van der Waals surface area contributed by atoms with Gasteiger partial charge in [0, 0.05) is 44.1 Å². The number of hydrogen-bond acceptors (Lipinski definition) is 3. The maximum Gasteiger partial charge on any atom is 0.191 e. The number of guanidine groups is 1. The molecule has 0 aliphatic carbocycles. The molecule has 2 aromatic heterocycles. The Hall–Kier alpha value is -2.36. The summed E-state index contributed by atoms with van der Waals surface area (Å²) in [5.74, 6) is 0.796. The summed E-state index contributed by atoms with van der Waals surface area (Å²) in [7, 11) is 1.79. The van der Waals surface area contributed by atoms with E-state index in [1.54, 1.807) is 7.05 Å². The fourth-order valence-corrected chi connectivity index (χ4v) is 3.10. The molecule has 0 radical (unpaired) electrons. The van der Waals surface area contributed by atoms with Gasteiger partial charge in [-0.05, 0) is 31.9 Å². The normalized spacial score (nSPS) is 11.2. The first-order valence-corrected chi connectivity index (χ1v) is 9.65. The molecule has 0 saturated carbocycles. The monoisotopic (exact) mass is 507 g/mol. The van der Waals surface area contributed by atoms with Crippen molar-refractivity contribution in [3.8, 4) is 0 Å². The van der Waals surface area contributed by atoms with Crippen LogP contribution in [0.15, 0.2) is 53.8 Å². The third-order valence-electron chi connectivity index (χ3n) is 4.50. The van der Waals surface area contributed by atoms with E-state index in [9.17, 15) is 0 Å². The summed E-state index contributed by atoms with van der Waals surface area (Å²) >= 11 is 0. The summed E-state index contributed by atoms with van der Waals surface area (Å²) in [5.41, 5.74) is 4.63. The zero-order chi connectivity index (χ0) is 19.8. The van der Waals surface area contributed by atoms with Crippen LogP contribution in [0.4, 0.5) is 0 Å². The number of nitrogens with zero attached hydrogens (tertiary/aromatic N) is 5. The molecule has 0 spiro atoms. The molecule has 0 aliphatic rings. The van der Waals surface area contributed by atoms with Crippen LogP contribution in [0.3, 0.4) is 0 Å². The number of aromatic nitrogens is 4. The van der Waals surface area contributed by atoms with Crippen molar-refractivity contribution >= 4 is 29.9 Å². The van der Waals surface area contributed by atoms with Gasteiger partial charge in [0.15, 0.2) is 5.96 Å². The van der Waals surface area contributed by atoms with Gasteiger partial charge in [0.25, 0.3) is 0 Å². The molecule has 0 unspecified atom stereocenters. The van der Waals surface area contributed by atoms with Gasteiger partial charge in [0.2, 0.25) is 0 Å². The van der Waals surface area contributed by atoms with Gasteiger partial charge in [-0.1, -0.05) is 30.3 Å². The van der Waals surface area contributed by atoms with E-state index >= 15 is 0 Å². The van der Waals surface area contributed by atoms with Gasteiger partial charge in [-0.25, -0.2) is 0 Å². The predicted molar refractivity (Wildman–Crippen MR) is 128 cm³/mol. The molecule has 7 nitrogen and oxygen atoms in total. The topological polar surface area (TPSA) is 72.1 Å². The summed E-state index contributed by atoms with van der Waals surface area (Å²) in [6.07, 6.45) is 4.94. The average Bonchev–Trinajstić information content (AvgIpc) is 3.27. The lowest BCUT2D eigenvalue weighted by molar-refractivity contribution is 0.555. The molecule has 0 amide bonds. The second-order valence-electron chi connectivity index (χ2n) is 6.89. The third kappa shape index (κ3) is 7.19. The van der Waals surface area contributed by atoms with E-state index in [0.717, 1.165) is 43.3 Å². The fraction of sp³-hybridized carbons (Fsp3) is 0.381. The lowest BCUT2D eigenvalue weighted by Crippen LogP contribution is -2.37. The van der Waals surface area contributed by atoms with Crippen LogP contribution in [0.1, 0.15) is 28.9 Å². The average molecular weight is 507 g/mol. The van der Waals surface area contributed by atoms with Gasteiger partial charge in [-0.2, -0.15) is 10.2 Å². The first-order chi connectivity index (χ1) is 13.6. The van der Waals surface area contributed by atoms with Crippen molar-refractivity contribution < 1.29 is 0 Å². The van der Waals surface area contributed by atoms with Gasteiger partial charge in [0.05, 0.1) is 18.4 Å². The van der Waals surface area contributed by atoms with Crippen LogP contribution >= 0.6 is 24.0 Å². The minimum atomic E-state index is 0. The van der Waals surface area contributed by atoms with E-state index in [1.165, 1.54) is 11.3 Å². The van der Waals surface area contributed by atoms with Crippen molar-refractivity contribution in [1.29, 1.82) is 0 Å². The number of aryl methyl sites for hydroxylation is 3. The Labute approximate surface area is 189 Å². The number of hydrogen-bond donors (Lipinski definition) is 2. The first kappa shape index (κ1) is 22.9. The number of benzene rings is 1. The molecule has 2 heterocycles. The van der Waals surface area contributed by atoms with Gasteiger partial charge < -0.3 is 10.6 Å². The molecule has 29 heavy (non-hydrogen) atoms. The molecule has 156 valence electrons. The minimum Gasteiger partial charge on any atom is -0.356 e. The van der Waals surface area contributed by atoms with Crippen molar-refractivity contribution in [3.63, 3.8) is 0 Å². The molecular weight excluding hydrogens is 477 g/mol. The van der Waals surface area contributed by atoms with Crippen molar-refractivity contribution in [1.82, 2.24) is 30.2 Å². The molecule has 3 rings (SSSR count). The highest BCUT2D eigenvalue weighted by Gasteiger charge is 2.03. The molecule has 3 aromatic rings. The Morgan fingerprint density at radius 3 is 2.59 bits per heavy atom. The highest BCUT2D eigenvalue weighted by Crippen LogP contribution is 2.04. The smallest absolute Gasteiger partial charge is 0.191 e. The first-order valence-electron chi connectivity index (χ1n) is 9.65. The quantitative estimate of drug-likeness (QED) is 0.213. The van der Waals surface area contributed by atoms with E-state index in [-0.39, 0.29) is 24.0 Å². The number of aliphatic imine (C=N–C) groups is 1. The largest absolute Gasteiger partial charge is 0.356 e. The lowest BCUT2D eigenvalue weighted by atomic mass is 10.2. The van der Waals surface area contributed by atoms with Gasteiger partial charge >= 0.3 is 0 Å². The molecule has 8 heteroatoms. The van der Waals surface area contributed by atoms with Gasteiger partial charge in [-0.3, -0.25) is 14.4 Å². The zero-order valence-corrected chi connectivity index (χ0v) is 19.6. The molecule has 0 fully saturated rings. The predicted octanol–water partition coefficient (Wildman–Crippen LogP) is 3.12. The fourth-order valence-electron chi connectivity index (χ4n) is 3.10. The molecule has 0 saturated heterocycles. The Bertz CT molecular complexity index is 899.